The minimum Gasteiger partial charge on any atom is -0.497 e. The number of nitrogens with zero attached hydrogens (tertiary/aromatic N) is 3. The normalized spacial score (nSPS) is 10.9. The molecule has 0 amide bonds. The number of fused-ring (bicyclic) bond motifs is 1. The van der Waals surface area contributed by atoms with Crippen molar-refractivity contribution in [3.8, 4) is 22.8 Å². The molecule has 0 spiro atoms. The van der Waals surface area contributed by atoms with Crippen molar-refractivity contribution >= 4 is 27.3 Å². The summed E-state index contributed by atoms with van der Waals surface area (Å²) in [7, 11) is 3.14. The van der Waals surface area contributed by atoms with Gasteiger partial charge in [0.15, 0.2) is 11.3 Å². The number of ketones is 1. The number of benzene rings is 2. The van der Waals surface area contributed by atoms with Crippen molar-refractivity contribution in [1.82, 2.24) is 14.8 Å². The van der Waals surface area contributed by atoms with E-state index in [2.05, 4.69) is 10.1 Å². The highest BCUT2D eigenvalue weighted by Gasteiger charge is 2.18. The number of methoxy groups -OCH3 is 2. The van der Waals surface area contributed by atoms with E-state index in [-0.39, 0.29) is 17.9 Å². The van der Waals surface area contributed by atoms with Gasteiger partial charge in [0.05, 0.1) is 23.9 Å². The number of thiazole rings is 1. The van der Waals surface area contributed by atoms with Gasteiger partial charge in [-0.2, -0.15) is 5.10 Å². The first kappa shape index (κ1) is 19.8. The molecule has 2 heterocycles. The number of carbonyl (C=O) groups excluding carboxylic acids is 1. The first-order valence-electron chi connectivity index (χ1n) is 9.20. The summed E-state index contributed by atoms with van der Waals surface area (Å²) in [5.41, 5.74) is 1.80. The lowest BCUT2D eigenvalue weighted by molar-refractivity contribution is 0.0965. The summed E-state index contributed by atoms with van der Waals surface area (Å²) < 4.78 is 12.3. The molecule has 7 nitrogen and oxygen atoms in total. The van der Waals surface area contributed by atoms with Crippen LogP contribution in [0.15, 0.2) is 53.3 Å². The molecule has 4 aromatic rings. The second-order valence-electron chi connectivity index (χ2n) is 6.61. The predicted molar refractivity (Wildman–Crippen MR) is 116 cm³/mol. The highest BCUT2D eigenvalue weighted by molar-refractivity contribution is 7.19. The maximum Gasteiger partial charge on any atom is 0.294 e. The number of ether oxygens (including phenoxy) is 2. The lowest BCUT2D eigenvalue weighted by atomic mass is 10.1. The molecule has 0 aliphatic carbocycles. The Balaban J connectivity index is 1.80. The number of carbonyl (C=O) groups is 1. The Morgan fingerprint density at radius 1 is 1.07 bits per heavy atom. The fourth-order valence-electron chi connectivity index (χ4n) is 3.14. The molecule has 2 aromatic heterocycles. The van der Waals surface area contributed by atoms with E-state index in [0.29, 0.717) is 27.2 Å². The number of Topliss-reactive ketones (excluding diaryl/α,β-unsaturated/α-hetero) is 1. The Hall–Kier alpha value is -3.52. The number of aromatic nitrogens is 3. The Kier molecular flexibility index (Phi) is 5.33. The summed E-state index contributed by atoms with van der Waals surface area (Å²) >= 11 is 1.41. The third-order valence-electron chi connectivity index (χ3n) is 4.66. The Morgan fingerprint density at radius 2 is 1.80 bits per heavy atom. The van der Waals surface area contributed by atoms with Crippen LogP contribution in [0, 0.1) is 6.92 Å². The van der Waals surface area contributed by atoms with Gasteiger partial charge in [-0.3, -0.25) is 9.59 Å². The van der Waals surface area contributed by atoms with Crippen LogP contribution in [0.1, 0.15) is 15.4 Å². The average molecular weight is 421 g/mol. The maximum atomic E-state index is 13.0. The first-order chi connectivity index (χ1) is 14.5. The molecule has 0 radical (unpaired) electrons. The Morgan fingerprint density at radius 3 is 2.50 bits per heavy atom. The van der Waals surface area contributed by atoms with Crippen LogP contribution < -0.4 is 15.0 Å². The standard InChI is InChI=1S/C22H19N3O4S/c1-13-23-20-21(30-13)19(14-7-9-16(28-2)10-8-14)24-25(22(20)27)12-18(26)15-5-4-6-17(11-15)29-3/h4-11H,12H2,1-3H3. The largest absolute Gasteiger partial charge is 0.497 e. The van der Waals surface area contributed by atoms with Gasteiger partial charge in [0.25, 0.3) is 5.56 Å². The van der Waals surface area contributed by atoms with Gasteiger partial charge in [0, 0.05) is 11.1 Å². The minimum absolute atomic E-state index is 0.193. The highest BCUT2D eigenvalue weighted by atomic mass is 32.1. The van der Waals surface area contributed by atoms with Gasteiger partial charge in [-0.05, 0) is 43.3 Å². The van der Waals surface area contributed by atoms with Crippen LogP contribution in [-0.2, 0) is 6.54 Å². The van der Waals surface area contributed by atoms with Gasteiger partial charge < -0.3 is 9.47 Å². The zero-order chi connectivity index (χ0) is 21.3. The van der Waals surface area contributed by atoms with E-state index in [9.17, 15) is 9.59 Å². The number of hydrogen-bond acceptors (Lipinski definition) is 7. The second kappa shape index (κ2) is 8.08. The van der Waals surface area contributed by atoms with Crippen LogP contribution in [0.4, 0.5) is 0 Å². The van der Waals surface area contributed by atoms with E-state index >= 15 is 0 Å². The van der Waals surface area contributed by atoms with Gasteiger partial charge >= 0.3 is 0 Å². The van der Waals surface area contributed by atoms with Crippen molar-refractivity contribution < 1.29 is 14.3 Å². The maximum absolute atomic E-state index is 13.0. The van der Waals surface area contributed by atoms with Crippen LogP contribution in [0.2, 0.25) is 0 Å². The van der Waals surface area contributed by atoms with E-state index in [4.69, 9.17) is 9.47 Å². The van der Waals surface area contributed by atoms with Gasteiger partial charge in [-0.1, -0.05) is 12.1 Å². The average Bonchev–Trinajstić information content (AvgIpc) is 3.17. The van der Waals surface area contributed by atoms with Gasteiger partial charge in [0.2, 0.25) is 0 Å². The fraction of sp³-hybridized carbons (Fsp3) is 0.182. The van der Waals surface area contributed by atoms with E-state index < -0.39 is 0 Å². The van der Waals surface area contributed by atoms with Crippen molar-refractivity contribution in [2.45, 2.75) is 13.5 Å². The van der Waals surface area contributed by atoms with E-state index in [1.807, 2.05) is 31.2 Å². The molecule has 0 saturated heterocycles. The molecule has 30 heavy (non-hydrogen) atoms. The number of rotatable bonds is 6. The van der Waals surface area contributed by atoms with Crippen LogP contribution in [0.3, 0.4) is 0 Å². The highest BCUT2D eigenvalue weighted by Crippen LogP contribution is 2.30. The molecule has 4 rings (SSSR count). The van der Waals surface area contributed by atoms with Gasteiger partial charge in [-0.25, -0.2) is 9.67 Å². The lowest BCUT2D eigenvalue weighted by Gasteiger charge is -2.09. The van der Waals surface area contributed by atoms with Crippen LogP contribution >= 0.6 is 11.3 Å². The van der Waals surface area contributed by atoms with E-state index in [1.54, 1.807) is 31.4 Å². The van der Waals surface area contributed by atoms with Crippen molar-refractivity contribution in [1.29, 1.82) is 0 Å². The quantitative estimate of drug-likeness (QED) is 0.441. The third kappa shape index (κ3) is 3.69. The molecule has 0 bridgehead atoms. The summed E-state index contributed by atoms with van der Waals surface area (Å²) in [4.78, 5) is 30.2. The lowest BCUT2D eigenvalue weighted by Crippen LogP contribution is -2.27. The Labute approximate surface area is 176 Å². The molecule has 0 aliphatic rings. The summed E-state index contributed by atoms with van der Waals surface area (Å²) in [6, 6.07) is 14.2. The van der Waals surface area contributed by atoms with Crippen LogP contribution in [0.25, 0.3) is 21.5 Å². The minimum atomic E-state index is -0.386. The summed E-state index contributed by atoms with van der Waals surface area (Å²) in [6.45, 7) is 1.65. The van der Waals surface area contributed by atoms with E-state index in [1.165, 1.54) is 23.1 Å². The summed E-state index contributed by atoms with van der Waals surface area (Å²) in [5.74, 6) is 1.05. The second-order valence-corrected chi connectivity index (χ2v) is 7.81. The van der Waals surface area contributed by atoms with Gasteiger partial charge in [-0.15, -0.1) is 11.3 Å². The number of hydrogen-bond donors (Lipinski definition) is 0. The molecule has 0 saturated carbocycles. The zero-order valence-corrected chi connectivity index (χ0v) is 17.5. The van der Waals surface area contributed by atoms with Crippen molar-refractivity contribution in [2.75, 3.05) is 14.2 Å². The SMILES string of the molecule is COc1ccc(-c2nn(CC(=O)c3cccc(OC)c3)c(=O)c3nc(C)sc23)cc1. The zero-order valence-electron chi connectivity index (χ0n) is 16.7. The van der Waals surface area contributed by atoms with Crippen molar-refractivity contribution in [2.24, 2.45) is 0 Å². The smallest absolute Gasteiger partial charge is 0.294 e. The molecule has 152 valence electrons. The summed E-state index contributed by atoms with van der Waals surface area (Å²) in [6.07, 6.45) is 0. The molecule has 8 heteroatoms. The predicted octanol–water partition coefficient (Wildman–Crippen LogP) is 3.73. The molecule has 2 aromatic carbocycles. The van der Waals surface area contributed by atoms with E-state index in [0.717, 1.165) is 16.3 Å². The van der Waals surface area contributed by atoms with Crippen LogP contribution in [-0.4, -0.2) is 34.8 Å². The first-order valence-corrected chi connectivity index (χ1v) is 10.0. The molecule has 0 aliphatic heterocycles. The topological polar surface area (TPSA) is 83.3 Å². The monoisotopic (exact) mass is 421 g/mol. The molecule has 0 unspecified atom stereocenters. The molecule has 0 fully saturated rings. The molecular formula is C22H19N3O4S. The Bertz CT molecular complexity index is 1290. The van der Waals surface area contributed by atoms with Gasteiger partial charge in [0.1, 0.15) is 23.7 Å². The van der Waals surface area contributed by atoms with Crippen molar-refractivity contribution in [3.63, 3.8) is 0 Å². The molecule has 0 atom stereocenters. The number of aryl methyl sites for hydroxylation is 1. The van der Waals surface area contributed by atoms with Crippen LogP contribution in [0.5, 0.6) is 11.5 Å². The summed E-state index contributed by atoms with van der Waals surface area (Å²) in [5, 5.41) is 5.29. The molecule has 0 N–H and O–H groups in total. The van der Waals surface area contributed by atoms with Crippen molar-refractivity contribution in [3.05, 3.63) is 69.5 Å². The fourth-order valence-corrected chi connectivity index (χ4v) is 4.05. The third-order valence-corrected chi connectivity index (χ3v) is 5.63. The molecular weight excluding hydrogens is 402 g/mol.